The molecule has 0 spiro atoms. The van der Waals surface area contributed by atoms with Crippen molar-refractivity contribution in [3.63, 3.8) is 0 Å². The van der Waals surface area contributed by atoms with Crippen molar-refractivity contribution in [2.45, 2.75) is 18.9 Å². The van der Waals surface area contributed by atoms with Crippen LogP contribution in [0.5, 0.6) is 0 Å². The molecule has 1 aromatic heterocycles. The molecule has 23 heavy (non-hydrogen) atoms. The first kappa shape index (κ1) is 16.0. The average Bonchev–Trinajstić information content (AvgIpc) is 2.61. The van der Waals surface area contributed by atoms with Gasteiger partial charge in [-0.15, -0.1) is 0 Å². The van der Waals surface area contributed by atoms with Crippen LogP contribution in [0.3, 0.4) is 0 Å². The average molecular weight is 330 g/mol. The van der Waals surface area contributed by atoms with Crippen molar-refractivity contribution in [1.82, 2.24) is 15.2 Å². The molecule has 0 saturated carbocycles. The molecule has 1 aromatic carbocycles. The lowest BCUT2D eigenvalue weighted by Crippen LogP contribution is -2.49. The number of pyridine rings is 1. The summed E-state index contributed by atoms with van der Waals surface area (Å²) in [6.07, 6.45) is 3.59. The first-order valence-corrected chi connectivity index (χ1v) is 8.21. The van der Waals surface area contributed by atoms with Crippen molar-refractivity contribution < 1.29 is 4.79 Å². The van der Waals surface area contributed by atoms with Gasteiger partial charge in [-0.05, 0) is 36.2 Å². The molecule has 1 amide bonds. The number of halogens is 1. The summed E-state index contributed by atoms with van der Waals surface area (Å²) in [6, 6.07) is 11.5. The fraction of sp³-hybridized carbons (Fsp3) is 0.333. The topological polar surface area (TPSA) is 45.2 Å². The SMILES string of the molecule is CC(C(=O)N1CCNCC1c1cccnc1)c1cccc(Cl)c1. The Morgan fingerprint density at radius 1 is 1.39 bits per heavy atom. The first-order valence-electron chi connectivity index (χ1n) is 7.83. The van der Waals surface area contributed by atoms with Crippen molar-refractivity contribution in [2.24, 2.45) is 0 Å². The van der Waals surface area contributed by atoms with Gasteiger partial charge in [0.25, 0.3) is 0 Å². The van der Waals surface area contributed by atoms with Crippen molar-refractivity contribution in [3.8, 4) is 0 Å². The predicted molar refractivity (Wildman–Crippen MR) is 91.4 cm³/mol. The van der Waals surface area contributed by atoms with Crippen LogP contribution in [-0.4, -0.2) is 35.4 Å². The van der Waals surface area contributed by atoms with Crippen molar-refractivity contribution in [2.75, 3.05) is 19.6 Å². The van der Waals surface area contributed by atoms with Crippen LogP contribution in [0.15, 0.2) is 48.8 Å². The van der Waals surface area contributed by atoms with E-state index in [0.717, 1.165) is 24.2 Å². The van der Waals surface area contributed by atoms with Crippen LogP contribution in [0, 0.1) is 0 Å². The number of benzene rings is 1. The Bertz CT molecular complexity index is 677. The summed E-state index contributed by atoms with van der Waals surface area (Å²) >= 11 is 6.06. The van der Waals surface area contributed by atoms with Crippen LogP contribution in [0.1, 0.15) is 30.0 Å². The summed E-state index contributed by atoms with van der Waals surface area (Å²) in [6.45, 7) is 4.20. The van der Waals surface area contributed by atoms with E-state index in [0.29, 0.717) is 11.6 Å². The lowest BCUT2D eigenvalue weighted by molar-refractivity contribution is -0.135. The standard InChI is InChI=1S/C18H20ClN3O/c1-13(14-4-2-6-16(19)10-14)18(23)22-9-8-21-12-17(22)15-5-3-7-20-11-15/h2-7,10-11,13,17,21H,8-9,12H2,1H3. The van der Waals surface area contributed by atoms with Crippen LogP contribution in [0.4, 0.5) is 0 Å². The van der Waals surface area contributed by atoms with Crippen molar-refractivity contribution in [3.05, 3.63) is 64.9 Å². The summed E-state index contributed by atoms with van der Waals surface area (Å²) in [5, 5.41) is 4.02. The maximum Gasteiger partial charge on any atom is 0.230 e. The summed E-state index contributed by atoms with van der Waals surface area (Å²) < 4.78 is 0. The molecule has 1 aliphatic heterocycles. The zero-order chi connectivity index (χ0) is 16.2. The molecular weight excluding hydrogens is 310 g/mol. The van der Waals surface area contributed by atoms with E-state index >= 15 is 0 Å². The summed E-state index contributed by atoms with van der Waals surface area (Å²) in [7, 11) is 0. The molecule has 1 saturated heterocycles. The van der Waals surface area contributed by atoms with Crippen LogP contribution in [-0.2, 0) is 4.79 Å². The normalized spacial score (nSPS) is 19.4. The summed E-state index contributed by atoms with van der Waals surface area (Å²) in [5.41, 5.74) is 2.01. The third-order valence-corrected chi connectivity index (χ3v) is 4.55. The molecular formula is C18H20ClN3O. The van der Waals surface area contributed by atoms with E-state index in [1.807, 2.05) is 54.4 Å². The van der Waals surface area contributed by atoms with E-state index in [9.17, 15) is 4.79 Å². The molecule has 0 aliphatic carbocycles. The molecule has 4 nitrogen and oxygen atoms in total. The highest BCUT2D eigenvalue weighted by molar-refractivity contribution is 6.30. The van der Waals surface area contributed by atoms with Gasteiger partial charge in [-0.1, -0.05) is 29.8 Å². The molecule has 1 aliphatic rings. The number of carbonyl (C=O) groups is 1. The molecule has 2 heterocycles. The monoisotopic (exact) mass is 329 g/mol. The van der Waals surface area contributed by atoms with Crippen LogP contribution < -0.4 is 5.32 Å². The summed E-state index contributed by atoms with van der Waals surface area (Å²) in [5.74, 6) is -0.0893. The zero-order valence-corrected chi connectivity index (χ0v) is 13.8. The van der Waals surface area contributed by atoms with E-state index in [-0.39, 0.29) is 17.9 Å². The molecule has 0 radical (unpaired) electrons. The molecule has 1 N–H and O–H groups in total. The number of carbonyl (C=O) groups excluding carboxylic acids is 1. The molecule has 2 unspecified atom stereocenters. The number of aromatic nitrogens is 1. The highest BCUT2D eigenvalue weighted by Gasteiger charge is 2.31. The Kier molecular flexibility index (Phi) is 4.94. The van der Waals surface area contributed by atoms with Crippen LogP contribution in [0.2, 0.25) is 5.02 Å². The fourth-order valence-corrected chi connectivity index (χ4v) is 3.20. The predicted octanol–water partition coefficient (Wildman–Crippen LogP) is 3.01. The first-order chi connectivity index (χ1) is 11.2. The van der Waals surface area contributed by atoms with Gasteiger partial charge in [0.2, 0.25) is 5.91 Å². The zero-order valence-electron chi connectivity index (χ0n) is 13.1. The molecule has 0 bridgehead atoms. The van der Waals surface area contributed by atoms with E-state index in [2.05, 4.69) is 10.3 Å². The van der Waals surface area contributed by atoms with Gasteiger partial charge in [-0.25, -0.2) is 0 Å². The Labute approximate surface area is 141 Å². The smallest absolute Gasteiger partial charge is 0.230 e. The Hall–Kier alpha value is -1.91. The van der Waals surface area contributed by atoms with E-state index in [4.69, 9.17) is 11.6 Å². The van der Waals surface area contributed by atoms with Gasteiger partial charge in [-0.2, -0.15) is 0 Å². The van der Waals surface area contributed by atoms with Crippen molar-refractivity contribution >= 4 is 17.5 Å². The molecule has 5 heteroatoms. The third kappa shape index (κ3) is 3.54. The highest BCUT2D eigenvalue weighted by atomic mass is 35.5. The molecule has 2 aromatic rings. The molecule has 120 valence electrons. The maximum absolute atomic E-state index is 13.0. The van der Waals surface area contributed by atoms with Gasteiger partial charge in [0.1, 0.15) is 0 Å². The number of nitrogens with one attached hydrogen (secondary N) is 1. The number of amides is 1. The number of piperazine rings is 1. The highest BCUT2D eigenvalue weighted by Crippen LogP contribution is 2.27. The quantitative estimate of drug-likeness (QED) is 0.941. The molecule has 3 rings (SSSR count). The van der Waals surface area contributed by atoms with Gasteiger partial charge >= 0.3 is 0 Å². The Morgan fingerprint density at radius 3 is 3.00 bits per heavy atom. The minimum Gasteiger partial charge on any atom is -0.333 e. The third-order valence-electron chi connectivity index (χ3n) is 4.31. The van der Waals surface area contributed by atoms with E-state index < -0.39 is 0 Å². The maximum atomic E-state index is 13.0. The molecule has 2 atom stereocenters. The van der Waals surface area contributed by atoms with Crippen LogP contribution in [0.25, 0.3) is 0 Å². The fourth-order valence-electron chi connectivity index (χ4n) is 3.01. The number of hydrogen-bond acceptors (Lipinski definition) is 3. The minimum absolute atomic E-state index is 0.0200. The van der Waals surface area contributed by atoms with Gasteiger partial charge in [0, 0.05) is 37.1 Å². The number of nitrogens with zero attached hydrogens (tertiary/aromatic N) is 2. The lowest BCUT2D eigenvalue weighted by atomic mass is 9.97. The second kappa shape index (κ2) is 7.11. The van der Waals surface area contributed by atoms with Crippen molar-refractivity contribution in [1.29, 1.82) is 0 Å². The Balaban J connectivity index is 1.84. The summed E-state index contributed by atoms with van der Waals surface area (Å²) in [4.78, 5) is 19.2. The second-order valence-corrected chi connectivity index (χ2v) is 6.25. The van der Waals surface area contributed by atoms with Gasteiger partial charge in [0.15, 0.2) is 0 Å². The lowest BCUT2D eigenvalue weighted by Gasteiger charge is -2.38. The molecule has 1 fully saturated rings. The van der Waals surface area contributed by atoms with E-state index in [1.165, 1.54) is 0 Å². The van der Waals surface area contributed by atoms with Crippen LogP contribution >= 0.6 is 11.6 Å². The van der Waals surface area contributed by atoms with Gasteiger partial charge in [0.05, 0.1) is 12.0 Å². The van der Waals surface area contributed by atoms with E-state index in [1.54, 1.807) is 6.20 Å². The number of rotatable bonds is 3. The number of hydrogen-bond donors (Lipinski definition) is 1. The largest absolute Gasteiger partial charge is 0.333 e. The van der Waals surface area contributed by atoms with Gasteiger partial charge in [-0.3, -0.25) is 9.78 Å². The van der Waals surface area contributed by atoms with Gasteiger partial charge < -0.3 is 10.2 Å². The minimum atomic E-state index is -0.217. The second-order valence-electron chi connectivity index (χ2n) is 5.81. The Morgan fingerprint density at radius 2 is 2.26 bits per heavy atom.